The normalized spacial score (nSPS) is 19.0. The summed E-state index contributed by atoms with van der Waals surface area (Å²) in [4.78, 5) is 38.4. The first-order chi connectivity index (χ1) is 13.1. The molecule has 0 saturated carbocycles. The van der Waals surface area contributed by atoms with Crippen LogP contribution in [0.3, 0.4) is 0 Å². The molecule has 146 valence electrons. The van der Waals surface area contributed by atoms with E-state index in [0.717, 1.165) is 4.90 Å². The Hall–Kier alpha value is -1.99. The van der Waals surface area contributed by atoms with Crippen molar-refractivity contribution in [1.29, 1.82) is 0 Å². The van der Waals surface area contributed by atoms with Crippen LogP contribution < -0.4 is 10.6 Å². The van der Waals surface area contributed by atoms with E-state index in [-0.39, 0.29) is 15.7 Å². The molecule has 1 saturated heterocycles. The minimum absolute atomic E-state index is 0.131. The number of carbonyl (C=O) groups excluding carboxylic acids is 3. The maximum Gasteiger partial charge on any atom is 0.325 e. The fourth-order valence-corrected chi connectivity index (χ4v) is 3.92. The van der Waals surface area contributed by atoms with Gasteiger partial charge in [0.2, 0.25) is 5.91 Å². The highest BCUT2D eigenvalue weighted by molar-refractivity contribution is 6.42. The van der Waals surface area contributed by atoms with Crippen LogP contribution in [0.4, 0.5) is 10.5 Å². The molecule has 3 rings (SSSR count). The van der Waals surface area contributed by atoms with Gasteiger partial charge < -0.3 is 10.6 Å². The smallest absolute Gasteiger partial charge is 0.322 e. The number of hydrogen-bond acceptors (Lipinski definition) is 3. The van der Waals surface area contributed by atoms with Crippen molar-refractivity contribution < 1.29 is 14.4 Å². The molecular formula is C18H13Cl4N3O3. The van der Waals surface area contributed by atoms with Crippen molar-refractivity contribution in [2.45, 2.75) is 12.5 Å². The van der Waals surface area contributed by atoms with E-state index < -0.39 is 29.9 Å². The van der Waals surface area contributed by atoms with E-state index in [9.17, 15) is 14.4 Å². The highest BCUT2D eigenvalue weighted by Crippen LogP contribution is 2.34. The number of rotatable bonds is 4. The third-order valence-corrected chi connectivity index (χ3v) is 5.30. The van der Waals surface area contributed by atoms with Crippen molar-refractivity contribution in [3.63, 3.8) is 0 Å². The van der Waals surface area contributed by atoms with Gasteiger partial charge in [0.05, 0.1) is 15.7 Å². The minimum atomic E-state index is -1.34. The summed E-state index contributed by atoms with van der Waals surface area (Å²) in [5.74, 6) is -1.23. The van der Waals surface area contributed by atoms with Crippen LogP contribution >= 0.6 is 46.4 Å². The van der Waals surface area contributed by atoms with Crippen LogP contribution in [0.5, 0.6) is 0 Å². The number of imide groups is 1. The molecule has 0 aliphatic carbocycles. The largest absolute Gasteiger partial charge is 0.325 e. The van der Waals surface area contributed by atoms with Gasteiger partial charge in [0.15, 0.2) is 0 Å². The van der Waals surface area contributed by atoms with Crippen LogP contribution in [0.15, 0.2) is 36.4 Å². The Morgan fingerprint density at radius 2 is 1.71 bits per heavy atom. The van der Waals surface area contributed by atoms with Crippen LogP contribution in [0.1, 0.15) is 12.5 Å². The van der Waals surface area contributed by atoms with Crippen LogP contribution in [0.25, 0.3) is 0 Å². The van der Waals surface area contributed by atoms with Crippen LogP contribution in [0, 0.1) is 0 Å². The Morgan fingerprint density at radius 1 is 1.07 bits per heavy atom. The summed E-state index contributed by atoms with van der Waals surface area (Å²) < 4.78 is 0. The number of benzene rings is 2. The van der Waals surface area contributed by atoms with E-state index >= 15 is 0 Å². The summed E-state index contributed by atoms with van der Waals surface area (Å²) in [6.07, 6.45) is 0. The predicted octanol–water partition coefficient (Wildman–Crippen LogP) is 4.71. The van der Waals surface area contributed by atoms with Crippen molar-refractivity contribution >= 4 is 69.9 Å². The third-order valence-electron chi connectivity index (χ3n) is 4.25. The van der Waals surface area contributed by atoms with Gasteiger partial charge in [0.1, 0.15) is 12.1 Å². The molecule has 10 heteroatoms. The van der Waals surface area contributed by atoms with Gasteiger partial charge in [-0.15, -0.1) is 0 Å². The highest BCUT2D eigenvalue weighted by Gasteiger charge is 2.49. The molecule has 2 N–H and O–H groups in total. The molecular weight excluding hydrogens is 448 g/mol. The number of carbonyl (C=O) groups is 3. The SMILES string of the molecule is CC1(c2cccc(Cl)c2)NC(=O)N(CC(=O)Nc2c(Cl)cc(Cl)cc2Cl)C1=O. The van der Waals surface area contributed by atoms with Gasteiger partial charge >= 0.3 is 6.03 Å². The average Bonchev–Trinajstić information content (AvgIpc) is 2.82. The van der Waals surface area contributed by atoms with Gasteiger partial charge in [0, 0.05) is 10.0 Å². The molecule has 2 aromatic rings. The molecule has 0 bridgehead atoms. The van der Waals surface area contributed by atoms with Gasteiger partial charge in [-0.3, -0.25) is 14.5 Å². The quantitative estimate of drug-likeness (QED) is 0.648. The summed E-state index contributed by atoms with van der Waals surface area (Å²) in [5, 5.41) is 6.08. The van der Waals surface area contributed by atoms with Crippen molar-refractivity contribution in [3.8, 4) is 0 Å². The molecule has 0 radical (unpaired) electrons. The van der Waals surface area contributed by atoms with Crippen LogP contribution in [0.2, 0.25) is 20.1 Å². The van der Waals surface area contributed by atoms with Crippen LogP contribution in [-0.4, -0.2) is 29.3 Å². The first kappa shape index (κ1) is 20.7. The van der Waals surface area contributed by atoms with E-state index in [0.29, 0.717) is 15.6 Å². The van der Waals surface area contributed by atoms with Crippen molar-refractivity contribution in [2.75, 3.05) is 11.9 Å². The number of anilines is 1. The topological polar surface area (TPSA) is 78.5 Å². The minimum Gasteiger partial charge on any atom is -0.322 e. The zero-order valence-corrected chi connectivity index (χ0v) is 17.4. The third kappa shape index (κ3) is 3.91. The van der Waals surface area contributed by atoms with E-state index in [2.05, 4.69) is 10.6 Å². The van der Waals surface area contributed by atoms with Gasteiger partial charge in [-0.1, -0.05) is 58.5 Å². The fraction of sp³-hybridized carbons (Fsp3) is 0.167. The summed E-state index contributed by atoms with van der Waals surface area (Å²) in [7, 11) is 0. The lowest BCUT2D eigenvalue weighted by Crippen LogP contribution is -2.42. The number of nitrogens with zero attached hydrogens (tertiary/aromatic N) is 1. The molecule has 1 aliphatic heterocycles. The number of halogens is 4. The average molecular weight is 461 g/mol. The number of hydrogen-bond donors (Lipinski definition) is 2. The molecule has 1 fully saturated rings. The first-order valence-corrected chi connectivity index (χ1v) is 9.47. The van der Waals surface area contributed by atoms with Gasteiger partial charge in [-0.2, -0.15) is 0 Å². The molecule has 0 aromatic heterocycles. The first-order valence-electron chi connectivity index (χ1n) is 7.96. The Balaban J connectivity index is 1.79. The van der Waals surface area contributed by atoms with Crippen molar-refractivity contribution in [2.24, 2.45) is 0 Å². The van der Waals surface area contributed by atoms with Gasteiger partial charge in [-0.25, -0.2) is 4.79 Å². The molecule has 1 heterocycles. The number of amides is 4. The highest BCUT2D eigenvalue weighted by atomic mass is 35.5. The predicted molar refractivity (Wildman–Crippen MR) is 109 cm³/mol. The molecule has 4 amide bonds. The fourth-order valence-electron chi connectivity index (χ4n) is 2.82. The second-order valence-corrected chi connectivity index (χ2v) is 7.94. The zero-order chi connectivity index (χ0) is 20.6. The van der Waals surface area contributed by atoms with E-state index in [1.807, 2.05) is 0 Å². The molecule has 1 atom stereocenters. The van der Waals surface area contributed by atoms with E-state index in [1.165, 1.54) is 12.1 Å². The standard InChI is InChI=1S/C18H13Cl4N3O3/c1-18(9-3-2-4-10(19)5-9)16(27)25(17(28)24-18)8-14(26)23-15-12(21)6-11(20)7-13(15)22/h2-7H,8H2,1H3,(H,23,26)(H,24,28). The zero-order valence-electron chi connectivity index (χ0n) is 14.4. The summed E-state index contributed by atoms with van der Waals surface area (Å²) in [5.41, 5.74) is -0.690. The molecule has 28 heavy (non-hydrogen) atoms. The monoisotopic (exact) mass is 459 g/mol. The van der Waals surface area contributed by atoms with Crippen molar-refractivity contribution in [3.05, 3.63) is 62.1 Å². The molecule has 1 aliphatic rings. The summed E-state index contributed by atoms with van der Waals surface area (Å²) in [6.45, 7) is 1.03. The molecule has 2 aromatic carbocycles. The van der Waals surface area contributed by atoms with Gasteiger partial charge in [0.25, 0.3) is 5.91 Å². The Bertz CT molecular complexity index is 975. The number of nitrogens with one attached hydrogen (secondary N) is 2. The summed E-state index contributed by atoms with van der Waals surface area (Å²) in [6, 6.07) is 8.69. The van der Waals surface area contributed by atoms with Crippen molar-refractivity contribution in [1.82, 2.24) is 10.2 Å². The second kappa shape index (κ2) is 7.79. The van der Waals surface area contributed by atoms with E-state index in [4.69, 9.17) is 46.4 Å². The molecule has 1 unspecified atom stereocenters. The Labute approximate surface area is 180 Å². The molecule has 0 spiro atoms. The maximum absolute atomic E-state index is 12.9. The van der Waals surface area contributed by atoms with Gasteiger partial charge in [-0.05, 0) is 36.8 Å². The second-order valence-electron chi connectivity index (χ2n) is 6.25. The Kier molecular flexibility index (Phi) is 5.77. The lowest BCUT2D eigenvalue weighted by molar-refractivity contribution is -0.133. The summed E-state index contributed by atoms with van der Waals surface area (Å²) >= 11 is 23.9. The Morgan fingerprint density at radius 3 is 2.32 bits per heavy atom. The van der Waals surface area contributed by atoms with Crippen LogP contribution in [-0.2, 0) is 15.1 Å². The van der Waals surface area contributed by atoms with E-state index in [1.54, 1.807) is 31.2 Å². The lowest BCUT2D eigenvalue weighted by Gasteiger charge is -2.22. The molecule has 6 nitrogen and oxygen atoms in total. The number of urea groups is 1. The lowest BCUT2D eigenvalue weighted by atomic mass is 9.92. The maximum atomic E-state index is 12.9.